The van der Waals surface area contributed by atoms with E-state index in [4.69, 9.17) is 16.6 Å². The highest BCUT2D eigenvalue weighted by Gasteiger charge is 2.30. The van der Waals surface area contributed by atoms with E-state index >= 15 is 0 Å². The first-order valence-electron chi connectivity index (χ1n) is 4.79. The molecule has 0 bridgehead atoms. The Morgan fingerprint density at radius 2 is 2.06 bits per heavy atom. The molecule has 18 heavy (non-hydrogen) atoms. The molecule has 0 aliphatic heterocycles. The third-order valence-electron chi connectivity index (χ3n) is 2.07. The maximum absolute atomic E-state index is 12.4. The molecule has 0 aliphatic carbocycles. The number of alkyl halides is 3. The van der Waals surface area contributed by atoms with Crippen molar-refractivity contribution in [3.63, 3.8) is 0 Å². The van der Waals surface area contributed by atoms with Gasteiger partial charge in [-0.25, -0.2) is 0 Å². The third-order valence-corrected chi connectivity index (χ3v) is 3.28. The van der Waals surface area contributed by atoms with Crippen molar-refractivity contribution in [2.75, 3.05) is 11.5 Å². The van der Waals surface area contributed by atoms with E-state index in [9.17, 15) is 18.0 Å². The number of halogens is 3. The average molecular weight is 280 g/mol. The van der Waals surface area contributed by atoms with Crippen molar-refractivity contribution in [3.8, 4) is 0 Å². The van der Waals surface area contributed by atoms with Gasteiger partial charge in [0, 0.05) is 16.3 Å². The number of carboxylic acid groups (broad SMARTS) is 1. The first-order valence-corrected chi connectivity index (χ1v) is 5.78. The molecular weight excluding hydrogens is 269 g/mol. The summed E-state index contributed by atoms with van der Waals surface area (Å²) in [4.78, 5) is 10.8. The number of benzene rings is 1. The van der Waals surface area contributed by atoms with Crippen molar-refractivity contribution in [1.82, 2.24) is 0 Å². The van der Waals surface area contributed by atoms with E-state index in [0.717, 1.165) is 23.9 Å². The second kappa shape index (κ2) is 5.49. The van der Waals surface area contributed by atoms with Crippen molar-refractivity contribution in [2.24, 2.45) is 5.73 Å². The molecule has 8 heteroatoms. The molecule has 1 aromatic carbocycles. The summed E-state index contributed by atoms with van der Waals surface area (Å²) in [7, 11) is 0. The van der Waals surface area contributed by atoms with Crippen LogP contribution in [0.25, 0.3) is 0 Å². The molecule has 0 saturated carbocycles. The van der Waals surface area contributed by atoms with Gasteiger partial charge in [0.1, 0.15) is 6.04 Å². The van der Waals surface area contributed by atoms with Crippen molar-refractivity contribution in [1.29, 1.82) is 0 Å². The molecule has 0 heterocycles. The molecule has 1 aromatic rings. The number of hydrogen-bond acceptors (Lipinski definition) is 4. The summed E-state index contributed by atoms with van der Waals surface area (Å²) < 4.78 is 37.1. The summed E-state index contributed by atoms with van der Waals surface area (Å²) in [6.45, 7) is 0. The van der Waals surface area contributed by atoms with Crippen LogP contribution >= 0.6 is 11.8 Å². The number of nitrogen functional groups attached to an aromatic ring is 1. The van der Waals surface area contributed by atoms with Gasteiger partial charge in [-0.15, -0.1) is 11.8 Å². The van der Waals surface area contributed by atoms with Crippen LogP contribution in [-0.2, 0) is 11.0 Å². The highest BCUT2D eigenvalue weighted by atomic mass is 32.2. The largest absolute Gasteiger partial charge is 0.480 e. The van der Waals surface area contributed by atoms with Crippen LogP contribution in [0, 0.1) is 0 Å². The first kappa shape index (κ1) is 14.7. The van der Waals surface area contributed by atoms with E-state index in [1.165, 1.54) is 6.07 Å². The minimum atomic E-state index is -4.45. The third kappa shape index (κ3) is 3.81. The van der Waals surface area contributed by atoms with Gasteiger partial charge in [0.25, 0.3) is 0 Å². The molecule has 1 unspecified atom stereocenters. The van der Waals surface area contributed by atoms with Crippen LogP contribution in [0.5, 0.6) is 0 Å². The van der Waals surface area contributed by atoms with Gasteiger partial charge in [0.2, 0.25) is 0 Å². The zero-order valence-corrected chi connectivity index (χ0v) is 9.89. The average Bonchev–Trinajstić information content (AvgIpc) is 2.25. The Labute approximate surface area is 105 Å². The fourth-order valence-corrected chi connectivity index (χ4v) is 2.00. The summed E-state index contributed by atoms with van der Waals surface area (Å²) in [5, 5.41) is 8.56. The summed E-state index contributed by atoms with van der Waals surface area (Å²) >= 11 is 1.00. The predicted octanol–water partition coefficient (Wildman–Crippen LogP) is 1.79. The molecule has 100 valence electrons. The van der Waals surface area contributed by atoms with Gasteiger partial charge >= 0.3 is 12.1 Å². The first-order chi connectivity index (χ1) is 8.21. The molecule has 5 N–H and O–H groups in total. The number of aliphatic carboxylic acids is 1. The SMILES string of the molecule is Nc1cc(C(F)(F)F)ccc1SCC(N)C(=O)O. The highest BCUT2D eigenvalue weighted by Crippen LogP contribution is 2.34. The summed E-state index contributed by atoms with van der Waals surface area (Å²) in [5.41, 5.74) is 9.85. The number of rotatable bonds is 4. The minimum absolute atomic E-state index is 0.0326. The minimum Gasteiger partial charge on any atom is -0.480 e. The van der Waals surface area contributed by atoms with Gasteiger partial charge in [-0.3, -0.25) is 4.79 Å². The molecular formula is C10H11F3N2O2S. The lowest BCUT2D eigenvalue weighted by molar-refractivity contribution is -0.138. The molecule has 0 aliphatic rings. The molecule has 1 atom stereocenters. The Bertz CT molecular complexity index is 451. The zero-order valence-electron chi connectivity index (χ0n) is 9.07. The molecule has 0 fully saturated rings. The fourth-order valence-electron chi connectivity index (χ4n) is 1.11. The Balaban J connectivity index is 2.78. The van der Waals surface area contributed by atoms with Gasteiger partial charge in [-0.1, -0.05) is 0 Å². The zero-order chi connectivity index (χ0) is 13.9. The quantitative estimate of drug-likeness (QED) is 0.578. The van der Waals surface area contributed by atoms with E-state index in [0.29, 0.717) is 4.90 Å². The van der Waals surface area contributed by atoms with E-state index < -0.39 is 23.8 Å². The lowest BCUT2D eigenvalue weighted by atomic mass is 10.2. The molecule has 4 nitrogen and oxygen atoms in total. The molecule has 0 amide bonds. The standard InChI is InChI=1S/C10H11F3N2O2S/c11-10(12,13)5-1-2-8(6(14)3-5)18-4-7(15)9(16)17/h1-3,7H,4,14-15H2,(H,16,17). The maximum Gasteiger partial charge on any atom is 0.416 e. The van der Waals surface area contributed by atoms with Gasteiger partial charge < -0.3 is 16.6 Å². The fraction of sp³-hybridized carbons (Fsp3) is 0.300. The van der Waals surface area contributed by atoms with E-state index in [-0.39, 0.29) is 11.4 Å². The molecule has 0 aromatic heterocycles. The van der Waals surface area contributed by atoms with Crippen LogP contribution in [-0.4, -0.2) is 22.9 Å². The van der Waals surface area contributed by atoms with Gasteiger partial charge in [0.15, 0.2) is 0 Å². The van der Waals surface area contributed by atoms with Gasteiger partial charge in [-0.05, 0) is 18.2 Å². The summed E-state index contributed by atoms with van der Waals surface area (Å²) in [6.07, 6.45) is -4.45. The number of anilines is 1. The maximum atomic E-state index is 12.4. The van der Waals surface area contributed by atoms with Gasteiger partial charge in [-0.2, -0.15) is 13.2 Å². The van der Waals surface area contributed by atoms with Crippen LogP contribution < -0.4 is 11.5 Å². The number of thioether (sulfide) groups is 1. The van der Waals surface area contributed by atoms with Crippen LogP contribution in [0.4, 0.5) is 18.9 Å². The van der Waals surface area contributed by atoms with E-state index in [1.54, 1.807) is 0 Å². The van der Waals surface area contributed by atoms with Crippen LogP contribution in [0.15, 0.2) is 23.1 Å². The Hall–Kier alpha value is -1.41. The number of carbonyl (C=O) groups is 1. The van der Waals surface area contributed by atoms with Crippen molar-refractivity contribution < 1.29 is 23.1 Å². The monoisotopic (exact) mass is 280 g/mol. The molecule has 0 saturated heterocycles. The summed E-state index contributed by atoms with van der Waals surface area (Å²) in [5.74, 6) is -1.14. The van der Waals surface area contributed by atoms with Gasteiger partial charge in [0.05, 0.1) is 5.56 Å². The van der Waals surface area contributed by atoms with Crippen molar-refractivity contribution >= 4 is 23.4 Å². The van der Waals surface area contributed by atoms with E-state index in [1.807, 2.05) is 0 Å². The smallest absolute Gasteiger partial charge is 0.416 e. The second-order valence-corrected chi connectivity index (χ2v) is 4.57. The Kier molecular flexibility index (Phi) is 4.47. The predicted molar refractivity (Wildman–Crippen MR) is 62.2 cm³/mol. The number of carboxylic acids is 1. The topological polar surface area (TPSA) is 89.3 Å². The normalized spacial score (nSPS) is 13.3. The van der Waals surface area contributed by atoms with Crippen LogP contribution in [0.1, 0.15) is 5.56 Å². The number of hydrogen-bond donors (Lipinski definition) is 3. The lowest BCUT2D eigenvalue weighted by Gasteiger charge is -2.11. The summed E-state index contributed by atoms with van der Waals surface area (Å²) in [6, 6.07) is 1.83. The van der Waals surface area contributed by atoms with Crippen molar-refractivity contribution in [3.05, 3.63) is 23.8 Å². The lowest BCUT2D eigenvalue weighted by Crippen LogP contribution is -2.32. The Morgan fingerprint density at radius 3 is 2.50 bits per heavy atom. The second-order valence-electron chi connectivity index (χ2n) is 3.51. The van der Waals surface area contributed by atoms with Crippen molar-refractivity contribution in [2.45, 2.75) is 17.1 Å². The van der Waals surface area contributed by atoms with Crippen LogP contribution in [0.2, 0.25) is 0 Å². The van der Waals surface area contributed by atoms with E-state index in [2.05, 4.69) is 0 Å². The molecule has 0 radical (unpaired) electrons. The van der Waals surface area contributed by atoms with Crippen LogP contribution in [0.3, 0.4) is 0 Å². The Morgan fingerprint density at radius 1 is 1.44 bits per heavy atom. The molecule has 0 spiro atoms. The molecule has 1 rings (SSSR count). The number of nitrogens with two attached hydrogens (primary N) is 2. The highest BCUT2D eigenvalue weighted by molar-refractivity contribution is 7.99.